The van der Waals surface area contributed by atoms with Gasteiger partial charge in [-0.2, -0.15) is 5.26 Å². The molecular formula is C21H17N5O5S. The molecule has 0 radical (unpaired) electrons. The van der Waals surface area contributed by atoms with E-state index in [2.05, 4.69) is 4.99 Å². The first kappa shape index (κ1) is 21.2. The standard InChI is InChI=1S/C21H17N5O5S/c1-3-30-20(27)17-11(2)24-21-25(19(23)16(10-22)32-21)18(17)15-9-8-14(31-15)12-6-4-5-7-13(12)26(28)29/h4-9,18H,3,23H2,1-2H3/t18-/m1/s1. The summed E-state index contributed by atoms with van der Waals surface area (Å²) in [6.45, 7) is 3.51. The van der Waals surface area contributed by atoms with E-state index in [1.165, 1.54) is 6.07 Å². The summed E-state index contributed by atoms with van der Waals surface area (Å²) >= 11 is 1.09. The lowest BCUT2D eigenvalue weighted by atomic mass is 10.00. The Morgan fingerprint density at radius 2 is 2.16 bits per heavy atom. The van der Waals surface area contributed by atoms with Crippen molar-refractivity contribution in [3.8, 4) is 17.4 Å². The van der Waals surface area contributed by atoms with Crippen LogP contribution in [0.3, 0.4) is 0 Å². The van der Waals surface area contributed by atoms with Gasteiger partial charge in [-0.25, -0.2) is 9.79 Å². The van der Waals surface area contributed by atoms with Crippen LogP contribution in [-0.2, 0) is 9.53 Å². The van der Waals surface area contributed by atoms with Crippen molar-refractivity contribution in [2.75, 3.05) is 6.61 Å². The molecule has 3 heterocycles. The summed E-state index contributed by atoms with van der Waals surface area (Å²) in [6.07, 6.45) is 0. The van der Waals surface area contributed by atoms with E-state index in [1.54, 1.807) is 49.1 Å². The van der Waals surface area contributed by atoms with E-state index in [0.29, 0.717) is 22.2 Å². The number of furan rings is 1. The van der Waals surface area contributed by atoms with E-state index >= 15 is 0 Å². The van der Waals surface area contributed by atoms with Crippen molar-refractivity contribution in [3.05, 3.63) is 74.3 Å². The second-order valence-electron chi connectivity index (χ2n) is 6.79. The first-order valence-electron chi connectivity index (χ1n) is 9.54. The highest BCUT2D eigenvalue weighted by Gasteiger charge is 2.44. The number of allylic oxidation sites excluding steroid dienone is 2. The van der Waals surface area contributed by atoms with Gasteiger partial charge in [-0.05, 0) is 43.8 Å². The number of fused-ring (bicyclic) bond motifs is 1. The number of thioether (sulfide) groups is 1. The normalized spacial score (nSPS) is 17.7. The second-order valence-corrected chi connectivity index (χ2v) is 7.77. The van der Waals surface area contributed by atoms with Crippen molar-refractivity contribution in [1.82, 2.24) is 4.90 Å². The summed E-state index contributed by atoms with van der Waals surface area (Å²) in [6, 6.07) is 10.6. The molecule has 0 amide bonds. The molecule has 32 heavy (non-hydrogen) atoms. The van der Waals surface area contributed by atoms with Crippen molar-refractivity contribution in [2.45, 2.75) is 19.9 Å². The minimum atomic E-state index is -0.851. The summed E-state index contributed by atoms with van der Waals surface area (Å²) in [7, 11) is 0. The van der Waals surface area contributed by atoms with Crippen LogP contribution in [0.2, 0.25) is 0 Å². The molecule has 2 aliphatic heterocycles. The Labute approximate surface area is 186 Å². The monoisotopic (exact) mass is 451 g/mol. The van der Waals surface area contributed by atoms with E-state index in [1.807, 2.05) is 6.07 Å². The fraction of sp³-hybridized carbons (Fsp3) is 0.190. The lowest BCUT2D eigenvalue weighted by Crippen LogP contribution is -2.38. The Hall–Kier alpha value is -4.04. The van der Waals surface area contributed by atoms with E-state index in [4.69, 9.17) is 14.9 Å². The summed E-state index contributed by atoms with van der Waals surface area (Å²) in [4.78, 5) is 30.0. The molecule has 0 saturated carbocycles. The van der Waals surface area contributed by atoms with Crippen LogP contribution in [-0.4, -0.2) is 27.6 Å². The van der Waals surface area contributed by atoms with Crippen molar-refractivity contribution in [1.29, 1.82) is 5.26 Å². The van der Waals surface area contributed by atoms with Gasteiger partial charge in [-0.15, -0.1) is 0 Å². The topological polar surface area (TPSA) is 148 Å². The number of nitrogens with two attached hydrogens (primary N) is 1. The van der Waals surface area contributed by atoms with Crippen LogP contribution in [0.15, 0.2) is 67.8 Å². The van der Waals surface area contributed by atoms with Crippen LogP contribution in [0.5, 0.6) is 0 Å². The molecule has 0 fully saturated rings. The van der Waals surface area contributed by atoms with E-state index in [9.17, 15) is 20.2 Å². The minimum absolute atomic E-state index is 0.112. The van der Waals surface area contributed by atoms with Crippen LogP contribution in [0.25, 0.3) is 11.3 Å². The predicted octanol–water partition coefficient (Wildman–Crippen LogP) is 3.80. The molecule has 0 saturated heterocycles. The van der Waals surface area contributed by atoms with Gasteiger partial charge in [-0.3, -0.25) is 15.0 Å². The number of aliphatic imine (C=N–C) groups is 1. The van der Waals surface area contributed by atoms with Crippen molar-refractivity contribution >= 4 is 28.6 Å². The average Bonchev–Trinajstić information content (AvgIpc) is 3.37. The largest absolute Gasteiger partial charge is 0.463 e. The van der Waals surface area contributed by atoms with Gasteiger partial charge in [0.15, 0.2) is 5.17 Å². The van der Waals surface area contributed by atoms with Crippen molar-refractivity contribution < 1.29 is 18.9 Å². The summed E-state index contributed by atoms with van der Waals surface area (Å²) in [5.41, 5.74) is 7.01. The molecule has 4 rings (SSSR count). The van der Waals surface area contributed by atoms with Gasteiger partial charge in [0.2, 0.25) is 0 Å². The number of nitriles is 1. The molecule has 1 aromatic heterocycles. The molecule has 0 unspecified atom stereocenters. The molecule has 2 N–H and O–H groups in total. The predicted molar refractivity (Wildman–Crippen MR) is 117 cm³/mol. The molecule has 0 spiro atoms. The Kier molecular flexibility index (Phi) is 5.46. The number of hydrogen-bond acceptors (Lipinski definition) is 10. The molecular weight excluding hydrogens is 434 g/mol. The lowest BCUT2D eigenvalue weighted by molar-refractivity contribution is -0.384. The van der Waals surface area contributed by atoms with Gasteiger partial charge in [0.05, 0.1) is 28.4 Å². The molecule has 11 heteroatoms. The minimum Gasteiger partial charge on any atom is -0.463 e. The molecule has 2 aliphatic rings. The third-order valence-electron chi connectivity index (χ3n) is 4.94. The number of nitrogens with zero attached hydrogens (tertiary/aromatic N) is 4. The smallest absolute Gasteiger partial charge is 0.338 e. The second kappa shape index (κ2) is 8.24. The SMILES string of the molecule is CCOC(=O)C1=C(C)N=C2SC(C#N)=C(N)N2[C@@H]1c1ccc(-c2ccccc2[N+](=O)[O-])o1. The first-order valence-corrected chi connectivity index (χ1v) is 10.4. The van der Waals surface area contributed by atoms with Crippen LogP contribution in [0.4, 0.5) is 5.69 Å². The van der Waals surface area contributed by atoms with Crippen LogP contribution in [0, 0.1) is 21.4 Å². The maximum absolute atomic E-state index is 12.8. The zero-order valence-corrected chi connectivity index (χ0v) is 17.9. The Bertz CT molecular complexity index is 1270. The number of nitro benzene ring substituents is 1. The first-order chi connectivity index (χ1) is 15.4. The molecule has 0 aliphatic carbocycles. The van der Waals surface area contributed by atoms with Crippen molar-refractivity contribution in [2.24, 2.45) is 10.7 Å². The van der Waals surface area contributed by atoms with E-state index < -0.39 is 16.9 Å². The molecule has 1 atom stereocenters. The van der Waals surface area contributed by atoms with Crippen LogP contribution >= 0.6 is 11.8 Å². The number of rotatable bonds is 5. The number of carbonyl (C=O) groups is 1. The third-order valence-corrected chi connectivity index (χ3v) is 5.91. The average molecular weight is 451 g/mol. The number of esters is 1. The zero-order valence-electron chi connectivity index (χ0n) is 17.1. The van der Waals surface area contributed by atoms with Gasteiger partial charge in [0.1, 0.15) is 34.4 Å². The van der Waals surface area contributed by atoms with Gasteiger partial charge in [0.25, 0.3) is 5.69 Å². The lowest BCUT2D eigenvalue weighted by Gasteiger charge is -2.33. The number of nitro groups is 1. The molecule has 162 valence electrons. The van der Waals surface area contributed by atoms with Gasteiger partial charge in [0, 0.05) is 6.07 Å². The molecule has 1 aromatic carbocycles. The fourth-order valence-electron chi connectivity index (χ4n) is 3.57. The number of amidine groups is 1. The summed E-state index contributed by atoms with van der Waals surface area (Å²) in [5, 5.41) is 21.3. The van der Waals surface area contributed by atoms with Crippen LogP contribution in [0.1, 0.15) is 25.6 Å². The highest BCUT2D eigenvalue weighted by molar-refractivity contribution is 8.17. The maximum atomic E-state index is 12.8. The molecule has 0 bridgehead atoms. The summed E-state index contributed by atoms with van der Waals surface area (Å²) < 4.78 is 11.2. The molecule has 10 nitrogen and oxygen atoms in total. The number of para-hydroxylation sites is 1. The van der Waals surface area contributed by atoms with Gasteiger partial charge < -0.3 is 14.9 Å². The number of benzene rings is 1. The van der Waals surface area contributed by atoms with E-state index in [0.717, 1.165) is 11.8 Å². The Balaban J connectivity index is 1.86. The maximum Gasteiger partial charge on any atom is 0.338 e. The van der Waals surface area contributed by atoms with Crippen molar-refractivity contribution in [3.63, 3.8) is 0 Å². The molecule has 2 aromatic rings. The van der Waals surface area contributed by atoms with E-state index in [-0.39, 0.29) is 34.4 Å². The number of hydrogen-bond donors (Lipinski definition) is 1. The highest BCUT2D eigenvalue weighted by atomic mass is 32.2. The van der Waals surface area contributed by atoms with Crippen LogP contribution < -0.4 is 5.73 Å². The van der Waals surface area contributed by atoms with Gasteiger partial charge in [-0.1, -0.05) is 12.1 Å². The Morgan fingerprint density at radius 1 is 1.41 bits per heavy atom. The van der Waals surface area contributed by atoms with Gasteiger partial charge >= 0.3 is 5.97 Å². The quantitative estimate of drug-likeness (QED) is 0.407. The highest BCUT2D eigenvalue weighted by Crippen LogP contribution is 2.46. The number of carbonyl (C=O) groups excluding carboxylic acids is 1. The summed E-state index contributed by atoms with van der Waals surface area (Å²) in [5.74, 6) is 0.103. The number of ether oxygens (including phenoxy) is 1. The zero-order chi connectivity index (χ0) is 23.0. The fourth-order valence-corrected chi connectivity index (χ4v) is 4.48. The third kappa shape index (κ3) is 3.40. The Morgan fingerprint density at radius 3 is 2.84 bits per heavy atom.